The summed E-state index contributed by atoms with van der Waals surface area (Å²) in [5.74, 6) is -0.517. The molecule has 24 heavy (non-hydrogen) atoms. The fraction of sp³-hybridized carbons (Fsp3) is 0.333. The molecule has 0 aliphatic heterocycles. The number of benzene rings is 1. The molecule has 1 aromatic carbocycles. The van der Waals surface area contributed by atoms with Crippen LogP contribution in [0.3, 0.4) is 0 Å². The molecule has 1 aromatic heterocycles. The molecule has 2 rings (SSSR count). The van der Waals surface area contributed by atoms with Gasteiger partial charge in [-0.2, -0.15) is 0 Å². The maximum atomic E-state index is 12.3. The SMILES string of the molecule is CCN(CC(=O)Nc1cc(C(=O)OC)ccc1C)Cc1cccs1. The Balaban J connectivity index is 2.01. The summed E-state index contributed by atoms with van der Waals surface area (Å²) in [5, 5.41) is 4.92. The van der Waals surface area contributed by atoms with Crippen molar-refractivity contribution < 1.29 is 14.3 Å². The number of anilines is 1. The molecule has 128 valence electrons. The highest BCUT2D eigenvalue weighted by Gasteiger charge is 2.13. The molecule has 0 spiro atoms. The molecule has 1 amide bonds. The quantitative estimate of drug-likeness (QED) is 0.782. The minimum atomic E-state index is -0.418. The van der Waals surface area contributed by atoms with Gasteiger partial charge in [0.1, 0.15) is 0 Å². The molecule has 2 aromatic rings. The second kappa shape index (κ2) is 8.61. The Morgan fingerprint density at radius 3 is 2.71 bits per heavy atom. The summed E-state index contributed by atoms with van der Waals surface area (Å²) in [7, 11) is 1.34. The topological polar surface area (TPSA) is 58.6 Å². The Kier molecular flexibility index (Phi) is 6.52. The van der Waals surface area contributed by atoms with Gasteiger partial charge in [0, 0.05) is 17.1 Å². The van der Waals surface area contributed by atoms with Crippen LogP contribution >= 0.6 is 11.3 Å². The smallest absolute Gasteiger partial charge is 0.337 e. The normalized spacial score (nSPS) is 10.7. The number of rotatable bonds is 7. The van der Waals surface area contributed by atoms with Gasteiger partial charge in [0.2, 0.25) is 5.91 Å². The number of nitrogens with one attached hydrogen (secondary N) is 1. The predicted octanol–water partition coefficient (Wildman–Crippen LogP) is 3.30. The number of carbonyl (C=O) groups excluding carboxylic acids is 2. The molecule has 6 heteroatoms. The first kappa shape index (κ1) is 18.2. The number of hydrogen-bond acceptors (Lipinski definition) is 5. The number of hydrogen-bond donors (Lipinski definition) is 1. The number of amides is 1. The lowest BCUT2D eigenvalue weighted by molar-refractivity contribution is -0.117. The number of thiophene rings is 1. The van der Waals surface area contributed by atoms with Gasteiger partial charge >= 0.3 is 5.97 Å². The molecule has 0 saturated heterocycles. The third-order valence-corrected chi connectivity index (χ3v) is 4.57. The zero-order valence-corrected chi connectivity index (χ0v) is 15.0. The number of ether oxygens (including phenoxy) is 1. The minimum absolute atomic E-state index is 0.0986. The Hall–Kier alpha value is -2.18. The van der Waals surface area contributed by atoms with Gasteiger partial charge in [-0.1, -0.05) is 19.1 Å². The molecular formula is C18H22N2O3S. The van der Waals surface area contributed by atoms with Gasteiger partial charge < -0.3 is 10.1 Å². The van der Waals surface area contributed by atoms with Crippen LogP contribution in [0.2, 0.25) is 0 Å². The van der Waals surface area contributed by atoms with E-state index < -0.39 is 5.97 Å². The average Bonchev–Trinajstić information content (AvgIpc) is 3.08. The average molecular weight is 346 g/mol. The highest BCUT2D eigenvalue weighted by molar-refractivity contribution is 7.09. The van der Waals surface area contributed by atoms with Gasteiger partial charge in [-0.15, -0.1) is 11.3 Å². The van der Waals surface area contributed by atoms with Crippen molar-refractivity contribution in [1.29, 1.82) is 0 Å². The van der Waals surface area contributed by atoms with Crippen LogP contribution in [0.5, 0.6) is 0 Å². The number of aryl methyl sites for hydroxylation is 1. The van der Waals surface area contributed by atoms with Crippen molar-refractivity contribution in [3.8, 4) is 0 Å². The highest BCUT2D eigenvalue weighted by Crippen LogP contribution is 2.18. The monoisotopic (exact) mass is 346 g/mol. The van der Waals surface area contributed by atoms with E-state index in [1.54, 1.807) is 29.5 Å². The molecule has 0 radical (unpaired) electrons. The van der Waals surface area contributed by atoms with Crippen LogP contribution < -0.4 is 5.32 Å². The van der Waals surface area contributed by atoms with Crippen molar-refractivity contribution in [2.75, 3.05) is 25.5 Å². The number of nitrogens with zero attached hydrogens (tertiary/aromatic N) is 1. The molecule has 0 unspecified atom stereocenters. The second-order valence-electron chi connectivity index (χ2n) is 5.45. The van der Waals surface area contributed by atoms with Gasteiger partial charge in [0.05, 0.1) is 19.2 Å². The van der Waals surface area contributed by atoms with Crippen LogP contribution in [-0.2, 0) is 16.1 Å². The van der Waals surface area contributed by atoms with Crippen molar-refractivity contribution in [1.82, 2.24) is 4.90 Å². The summed E-state index contributed by atoms with van der Waals surface area (Å²) in [6.07, 6.45) is 0. The maximum absolute atomic E-state index is 12.3. The highest BCUT2D eigenvalue weighted by atomic mass is 32.1. The summed E-state index contributed by atoms with van der Waals surface area (Å²) in [5.41, 5.74) is 1.96. The molecule has 0 aliphatic rings. The fourth-order valence-electron chi connectivity index (χ4n) is 2.30. The summed E-state index contributed by atoms with van der Waals surface area (Å²) in [4.78, 5) is 27.3. The van der Waals surface area contributed by atoms with E-state index in [9.17, 15) is 9.59 Å². The van der Waals surface area contributed by atoms with Crippen molar-refractivity contribution in [3.63, 3.8) is 0 Å². The molecule has 5 nitrogen and oxygen atoms in total. The summed E-state index contributed by atoms with van der Waals surface area (Å²) in [6.45, 7) is 5.76. The van der Waals surface area contributed by atoms with Crippen molar-refractivity contribution in [2.45, 2.75) is 20.4 Å². The Bertz CT molecular complexity index is 698. The van der Waals surface area contributed by atoms with E-state index in [1.807, 2.05) is 25.3 Å². The van der Waals surface area contributed by atoms with E-state index in [0.717, 1.165) is 18.7 Å². The summed E-state index contributed by atoms with van der Waals surface area (Å²) in [6, 6.07) is 9.20. The molecule has 0 aliphatic carbocycles. The molecule has 1 heterocycles. The molecule has 1 N–H and O–H groups in total. The van der Waals surface area contributed by atoms with Crippen molar-refractivity contribution in [2.24, 2.45) is 0 Å². The Morgan fingerprint density at radius 2 is 2.08 bits per heavy atom. The molecule has 0 saturated carbocycles. The van der Waals surface area contributed by atoms with Gasteiger partial charge in [-0.05, 0) is 42.6 Å². The molecular weight excluding hydrogens is 324 g/mol. The lowest BCUT2D eigenvalue weighted by atomic mass is 10.1. The van der Waals surface area contributed by atoms with E-state index in [2.05, 4.69) is 16.3 Å². The lowest BCUT2D eigenvalue weighted by Crippen LogP contribution is -2.32. The first-order valence-electron chi connectivity index (χ1n) is 7.77. The summed E-state index contributed by atoms with van der Waals surface area (Å²) >= 11 is 1.68. The molecule has 0 atom stereocenters. The van der Waals surface area contributed by atoms with E-state index in [0.29, 0.717) is 17.8 Å². The maximum Gasteiger partial charge on any atom is 0.337 e. The van der Waals surface area contributed by atoms with Gasteiger partial charge in [0.15, 0.2) is 0 Å². The Labute approximate surface area is 146 Å². The second-order valence-corrected chi connectivity index (χ2v) is 6.48. The number of esters is 1. The standard InChI is InChI=1S/C18H22N2O3S/c1-4-20(11-15-6-5-9-24-15)12-17(21)19-16-10-14(18(22)23-3)8-7-13(16)2/h5-10H,4,11-12H2,1-3H3,(H,19,21). The van der Waals surface area contributed by atoms with Crippen LogP contribution in [0.1, 0.15) is 27.7 Å². The molecule has 0 fully saturated rings. The third-order valence-electron chi connectivity index (χ3n) is 3.71. The predicted molar refractivity (Wildman–Crippen MR) is 96.4 cm³/mol. The van der Waals surface area contributed by atoms with E-state index in [1.165, 1.54) is 12.0 Å². The van der Waals surface area contributed by atoms with Gasteiger partial charge in [0.25, 0.3) is 0 Å². The Morgan fingerprint density at radius 1 is 1.29 bits per heavy atom. The first-order chi connectivity index (χ1) is 11.5. The number of likely N-dealkylation sites (N-methyl/N-ethyl adjacent to an activating group) is 1. The van der Waals surface area contributed by atoms with Crippen LogP contribution in [0.15, 0.2) is 35.7 Å². The summed E-state index contributed by atoms with van der Waals surface area (Å²) < 4.78 is 4.72. The van der Waals surface area contributed by atoms with Gasteiger partial charge in [-0.25, -0.2) is 4.79 Å². The van der Waals surface area contributed by atoms with E-state index in [4.69, 9.17) is 4.74 Å². The first-order valence-corrected chi connectivity index (χ1v) is 8.65. The van der Waals surface area contributed by atoms with Crippen molar-refractivity contribution in [3.05, 3.63) is 51.7 Å². The van der Waals surface area contributed by atoms with Gasteiger partial charge in [-0.3, -0.25) is 9.69 Å². The van der Waals surface area contributed by atoms with Crippen LogP contribution in [0.25, 0.3) is 0 Å². The largest absolute Gasteiger partial charge is 0.465 e. The van der Waals surface area contributed by atoms with E-state index >= 15 is 0 Å². The number of methoxy groups -OCH3 is 1. The van der Waals surface area contributed by atoms with Crippen LogP contribution in [0.4, 0.5) is 5.69 Å². The minimum Gasteiger partial charge on any atom is -0.465 e. The lowest BCUT2D eigenvalue weighted by Gasteiger charge is -2.19. The zero-order chi connectivity index (χ0) is 17.5. The van der Waals surface area contributed by atoms with Crippen molar-refractivity contribution >= 4 is 28.9 Å². The third kappa shape index (κ3) is 4.91. The van der Waals surface area contributed by atoms with E-state index in [-0.39, 0.29) is 5.91 Å². The molecule has 0 bridgehead atoms. The van der Waals surface area contributed by atoms with Crippen LogP contribution in [-0.4, -0.2) is 37.0 Å². The zero-order valence-electron chi connectivity index (χ0n) is 14.2. The van der Waals surface area contributed by atoms with Crippen LogP contribution in [0, 0.1) is 6.92 Å². The fourth-order valence-corrected chi connectivity index (χ4v) is 3.04. The number of carbonyl (C=O) groups is 2.